The third kappa shape index (κ3) is 3.64. The molecule has 0 spiro atoms. The van der Waals surface area contributed by atoms with Gasteiger partial charge in [0.25, 0.3) is 5.91 Å². The molecule has 4 nitrogen and oxygen atoms in total. The molecule has 0 saturated carbocycles. The fourth-order valence-electron chi connectivity index (χ4n) is 3.20. The maximum absolute atomic E-state index is 13.2. The molecule has 2 aromatic carbocycles. The van der Waals surface area contributed by atoms with E-state index in [1.165, 1.54) is 0 Å². The van der Waals surface area contributed by atoms with Crippen molar-refractivity contribution in [2.24, 2.45) is 0 Å². The molecule has 0 radical (unpaired) electrons. The van der Waals surface area contributed by atoms with Crippen LogP contribution in [0.15, 0.2) is 71.1 Å². The predicted molar refractivity (Wildman–Crippen MR) is 111 cm³/mol. The molecule has 0 unspecified atom stereocenters. The molecular formula is C23H19ClN2O2. The van der Waals surface area contributed by atoms with Gasteiger partial charge in [-0.05, 0) is 43.3 Å². The number of benzene rings is 2. The predicted octanol–water partition coefficient (Wildman–Crippen LogP) is 5.73. The largest absolute Gasteiger partial charge is 0.464 e. The number of aryl methyl sites for hydroxylation is 1. The van der Waals surface area contributed by atoms with E-state index in [4.69, 9.17) is 21.0 Å². The third-order valence-electron chi connectivity index (χ3n) is 4.62. The molecule has 28 heavy (non-hydrogen) atoms. The lowest BCUT2D eigenvalue weighted by Crippen LogP contribution is -2.26. The summed E-state index contributed by atoms with van der Waals surface area (Å²) in [5.74, 6) is 1.50. The van der Waals surface area contributed by atoms with Gasteiger partial charge < -0.3 is 9.32 Å². The second-order valence-electron chi connectivity index (χ2n) is 6.75. The molecule has 5 heteroatoms. The van der Waals surface area contributed by atoms with Crippen LogP contribution in [0.4, 0.5) is 0 Å². The molecule has 1 amide bonds. The number of rotatable bonds is 4. The number of carbonyl (C=O) groups excluding carboxylic acids is 1. The Morgan fingerprint density at radius 3 is 2.54 bits per heavy atom. The van der Waals surface area contributed by atoms with Crippen LogP contribution in [-0.4, -0.2) is 22.8 Å². The van der Waals surface area contributed by atoms with Crippen molar-refractivity contribution < 1.29 is 9.21 Å². The molecule has 0 fully saturated rings. The Hall–Kier alpha value is -3.11. The minimum atomic E-state index is -0.0807. The number of nitrogens with zero attached hydrogens (tertiary/aromatic N) is 2. The number of para-hydroxylation sites is 1. The smallest absolute Gasteiger partial charge is 0.254 e. The highest BCUT2D eigenvalue weighted by Gasteiger charge is 2.18. The van der Waals surface area contributed by atoms with Crippen molar-refractivity contribution in [3.05, 3.63) is 88.8 Å². The molecule has 0 aliphatic heterocycles. The van der Waals surface area contributed by atoms with Gasteiger partial charge in [0.2, 0.25) is 0 Å². The zero-order chi connectivity index (χ0) is 19.7. The lowest BCUT2D eigenvalue weighted by Gasteiger charge is -2.18. The van der Waals surface area contributed by atoms with Crippen molar-refractivity contribution in [1.82, 2.24) is 9.88 Å². The van der Waals surface area contributed by atoms with Crippen molar-refractivity contribution in [2.75, 3.05) is 7.05 Å². The van der Waals surface area contributed by atoms with E-state index in [1.807, 2.05) is 73.7 Å². The minimum Gasteiger partial charge on any atom is -0.464 e. The van der Waals surface area contributed by atoms with Crippen LogP contribution in [0.1, 0.15) is 21.9 Å². The molecule has 4 aromatic rings. The number of halogens is 1. The van der Waals surface area contributed by atoms with Crippen molar-refractivity contribution in [3.63, 3.8) is 0 Å². The van der Waals surface area contributed by atoms with E-state index in [1.54, 1.807) is 11.9 Å². The summed E-state index contributed by atoms with van der Waals surface area (Å²) in [5, 5.41) is 1.49. The van der Waals surface area contributed by atoms with E-state index < -0.39 is 0 Å². The van der Waals surface area contributed by atoms with Crippen molar-refractivity contribution in [1.29, 1.82) is 0 Å². The van der Waals surface area contributed by atoms with Gasteiger partial charge in [0.1, 0.15) is 11.5 Å². The normalized spacial score (nSPS) is 11.0. The van der Waals surface area contributed by atoms with Crippen LogP contribution in [-0.2, 0) is 6.54 Å². The van der Waals surface area contributed by atoms with Crippen LogP contribution in [0, 0.1) is 6.92 Å². The van der Waals surface area contributed by atoms with Gasteiger partial charge in [-0.25, -0.2) is 4.98 Å². The number of amides is 1. The Labute approximate surface area is 168 Å². The van der Waals surface area contributed by atoms with E-state index >= 15 is 0 Å². The van der Waals surface area contributed by atoms with Crippen molar-refractivity contribution >= 4 is 28.4 Å². The zero-order valence-electron chi connectivity index (χ0n) is 15.6. The summed E-state index contributed by atoms with van der Waals surface area (Å²) in [6.07, 6.45) is 0. The van der Waals surface area contributed by atoms with E-state index in [-0.39, 0.29) is 5.91 Å². The Kier molecular flexibility index (Phi) is 4.88. The second kappa shape index (κ2) is 7.49. The molecular weight excluding hydrogens is 372 g/mol. The standard InChI is InChI=1S/C23H19ClN2O2/c1-15-7-12-18(28-15)14-26(2)23(27)20-13-22(16-8-10-17(24)11-9-16)25-21-6-4-3-5-19(20)21/h3-13H,14H2,1-2H3. The molecule has 0 aliphatic carbocycles. The summed E-state index contributed by atoms with van der Waals surface area (Å²) in [4.78, 5) is 19.6. The van der Waals surface area contributed by atoms with Crippen LogP contribution in [0.5, 0.6) is 0 Å². The highest BCUT2D eigenvalue weighted by atomic mass is 35.5. The molecule has 0 saturated heterocycles. The monoisotopic (exact) mass is 390 g/mol. The maximum Gasteiger partial charge on any atom is 0.254 e. The van der Waals surface area contributed by atoms with Gasteiger partial charge in [-0.1, -0.05) is 41.9 Å². The van der Waals surface area contributed by atoms with Gasteiger partial charge in [-0.2, -0.15) is 0 Å². The topological polar surface area (TPSA) is 46.3 Å². The van der Waals surface area contributed by atoms with Gasteiger partial charge in [0.05, 0.1) is 23.3 Å². The lowest BCUT2D eigenvalue weighted by molar-refractivity contribution is 0.0777. The summed E-state index contributed by atoms with van der Waals surface area (Å²) in [5.41, 5.74) is 3.04. The second-order valence-corrected chi connectivity index (χ2v) is 7.19. The van der Waals surface area contributed by atoms with E-state index in [9.17, 15) is 4.79 Å². The molecule has 0 atom stereocenters. The first-order chi connectivity index (χ1) is 13.5. The van der Waals surface area contributed by atoms with Crippen molar-refractivity contribution in [2.45, 2.75) is 13.5 Å². The average Bonchev–Trinajstić information content (AvgIpc) is 3.11. The molecule has 0 aliphatic rings. The molecule has 4 rings (SSSR count). The molecule has 140 valence electrons. The summed E-state index contributed by atoms with van der Waals surface area (Å²) in [6.45, 7) is 2.29. The SMILES string of the molecule is Cc1ccc(CN(C)C(=O)c2cc(-c3ccc(Cl)cc3)nc3ccccc23)o1. The van der Waals surface area contributed by atoms with Crippen LogP contribution in [0.25, 0.3) is 22.2 Å². The van der Waals surface area contributed by atoms with Crippen LogP contribution < -0.4 is 0 Å². The summed E-state index contributed by atoms with van der Waals surface area (Å²) in [6, 6.07) is 20.8. The average molecular weight is 391 g/mol. The molecule has 0 bridgehead atoms. The summed E-state index contributed by atoms with van der Waals surface area (Å²) < 4.78 is 5.61. The number of aromatic nitrogens is 1. The van der Waals surface area contributed by atoms with Gasteiger partial charge >= 0.3 is 0 Å². The molecule has 2 heterocycles. The molecule has 0 N–H and O–H groups in total. The van der Waals surface area contributed by atoms with E-state index in [0.29, 0.717) is 17.1 Å². The van der Waals surface area contributed by atoms with Gasteiger partial charge in [0, 0.05) is 23.0 Å². The Morgan fingerprint density at radius 2 is 1.82 bits per heavy atom. The van der Waals surface area contributed by atoms with Crippen LogP contribution in [0.3, 0.4) is 0 Å². The maximum atomic E-state index is 13.2. The van der Waals surface area contributed by atoms with Crippen molar-refractivity contribution in [3.8, 4) is 11.3 Å². The Balaban J connectivity index is 1.76. The van der Waals surface area contributed by atoms with Gasteiger partial charge in [-0.3, -0.25) is 4.79 Å². The Morgan fingerprint density at radius 1 is 1.07 bits per heavy atom. The number of hydrogen-bond donors (Lipinski definition) is 0. The number of fused-ring (bicyclic) bond motifs is 1. The number of furan rings is 1. The molecule has 2 aromatic heterocycles. The number of carbonyl (C=O) groups is 1. The first kappa shape index (κ1) is 18.3. The zero-order valence-corrected chi connectivity index (χ0v) is 16.4. The quantitative estimate of drug-likeness (QED) is 0.447. The van der Waals surface area contributed by atoms with Crippen LogP contribution in [0.2, 0.25) is 5.02 Å². The fourth-order valence-corrected chi connectivity index (χ4v) is 3.33. The minimum absolute atomic E-state index is 0.0807. The number of pyridine rings is 1. The van der Waals surface area contributed by atoms with Gasteiger partial charge in [0.15, 0.2) is 0 Å². The highest BCUT2D eigenvalue weighted by Crippen LogP contribution is 2.27. The lowest BCUT2D eigenvalue weighted by atomic mass is 10.0. The van der Waals surface area contributed by atoms with Crippen LogP contribution >= 0.6 is 11.6 Å². The first-order valence-electron chi connectivity index (χ1n) is 8.98. The number of hydrogen-bond acceptors (Lipinski definition) is 3. The Bertz CT molecular complexity index is 1150. The van der Waals surface area contributed by atoms with E-state index in [0.717, 1.165) is 33.7 Å². The highest BCUT2D eigenvalue weighted by molar-refractivity contribution is 6.30. The fraction of sp³-hybridized carbons (Fsp3) is 0.130. The summed E-state index contributed by atoms with van der Waals surface area (Å²) >= 11 is 6.01. The van der Waals surface area contributed by atoms with E-state index in [2.05, 4.69) is 0 Å². The van der Waals surface area contributed by atoms with Gasteiger partial charge in [-0.15, -0.1) is 0 Å². The first-order valence-corrected chi connectivity index (χ1v) is 9.35. The summed E-state index contributed by atoms with van der Waals surface area (Å²) in [7, 11) is 1.78. The third-order valence-corrected chi connectivity index (χ3v) is 4.87.